The van der Waals surface area contributed by atoms with Crippen LogP contribution < -0.4 is 17.5 Å². The van der Waals surface area contributed by atoms with Crippen molar-refractivity contribution in [3.8, 4) is 0 Å². The van der Waals surface area contributed by atoms with Crippen LogP contribution in [-0.4, -0.2) is 24.9 Å². The van der Waals surface area contributed by atoms with Crippen LogP contribution in [0, 0.1) is 34.1 Å². The Morgan fingerprint density at radius 2 is 0.925 bits per heavy atom. The van der Waals surface area contributed by atoms with E-state index < -0.39 is 59.1 Å². The van der Waals surface area contributed by atoms with Gasteiger partial charge in [-0.15, -0.1) is 0 Å². The van der Waals surface area contributed by atoms with Gasteiger partial charge in [0.15, 0.2) is 0 Å². The Kier molecular flexibility index (Phi) is 14.4. The Morgan fingerprint density at radius 1 is 0.585 bits per heavy atom. The molecule has 0 fully saturated rings. The van der Waals surface area contributed by atoms with Crippen molar-refractivity contribution in [1.82, 2.24) is 0 Å². The SMILES string of the molecule is CCCCN(C(=O)C(C)(C)CCC)c1ccc(F)[c]([Ti]([c]2c(F)ccc(N(CCCC)C(=O)C(C)(C)CCC)c2F)([CH]2C=CC=C2)[CH]2C=CC=C2)c1F. The zero-order chi connectivity index (χ0) is 39.1. The van der Waals surface area contributed by atoms with Gasteiger partial charge in [0.1, 0.15) is 0 Å². The molecule has 0 saturated heterocycles. The van der Waals surface area contributed by atoms with Crippen molar-refractivity contribution >= 4 is 30.9 Å². The van der Waals surface area contributed by atoms with Gasteiger partial charge in [-0.1, -0.05) is 0 Å². The van der Waals surface area contributed by atoms with E-state index in [1.54, 1.807) is 48.6 Å². The molecular formula is C44H58F4N2O2Ti. The molecule has 2 aromatic carbocycles. The number of hydrogen-bond acceptors (Lipinski definition) is 2. The van der Waals surface area contributed by atoms with E-state index in [2.05, 4.69) is 0 Å². The molecule has 0 atom stereocenters. The number of rotatable bonds is 18. The molecule has 0 heterocycles. The summed E-state index contributed by atoms with van der Waals surface area (Å²) in [6.45, 7) is 15.6. The summed E-state index contributed by atoms with van der Waals surface area (Å²) in [5, 5.41) is 0. The van der Waals surface area contributed by atoms with Gasteiger partial charge in [0.25, 0.3) is 0 Å². The molecule has 4 nitrogen and oxygen atoms in total. The number of anilines is 2. The average Bonchev–Trinajstić information content (AvgIpc) is 3.85. The molecule has 2 aliphatic rings. The Hall–Kier alpha value is -3.23. The molecule has 2 aliphatic carbocycles. The maximum absolute atomic E-state index is 17.9. The number of unbranched alkanes of at least 4 members (excludes halogenated alkanes) is 2. The van der Waals surface area contributed by atoms with E-state index in [0.717, 1.165) is 37.8 Å². The minimum atomic E-state index is -5.21. The molecule has 4 rings (SSSR count). The van der Waals surface area contributed by atoms with Crippen LogP contribution >= 0.6 is 0 Å². The molecule has 2 aromatic rings. The number of amides is 2. The van der Waals surface area contributed by atoms with E-state index in [-0.39, 0.29) is 44.0 Å². The summed E-state index contributed by atoms with van der Waals surface area (Å²) in [7, 11) is 0. The molecular weight excluding hydrogens is 712 g/mol. The van der Waals surface area contributed by atoms with Crippen LogP contribution in [0.3, 0.4) is 0 Å². The second-order valence-electron chi connectivity index (χ2n) is 15.9. The van der Waals surface area contributed by atoms with Crippen LogP contribution in [0.5, 0.6) is 0 Å². The summed E-state index contributed by atoms with van der Waals surface area (Å²) in [6.07, 6.45) is 19.4. The van der Waals surface area contributed by atoms with E-state index in [1.165, 1.54) is 21.9 Å². The molecule has 2 amide bonds. The standard InChI is InChI=1S/2C17H24F2NO.2C5H5.Ti/c2*1-5-7-11-20(16(21)17(3,4)10-6-2)15-9-8-13(18)12-14(15)19;2*1-2-4-5-3-1;/h2*8-9H,5-7,10-11H2,1-4H3;2*1-5H;. The molecule has 0 saturated carbocycles. The summed E-state index contributed by atoms with van der Waals surface area (Å²) in [5.41, 5.74) is -1.84. The minimum absolute atomic E-state index is 0.0889. The van der Waals surface area contributed by atoms with Crippen molar-refractivity contribution in [2.24, 2.45) is 10.8 Å². The Labute approximate surface area is 318 Å². The van der Waals surface area contributed by atoms with E-state index in [0.29, 0.717) is 25.7 Å². The molecule has 0 N–H and O–H groups in total. The fraction of sp³-hybridized carbons (Fsp3) is 0.500. The first-order chi connectivity index (χ1) is 25.1. The molecule has 0 radical (unpaired) electrons. The van der Waals surface area contributed by atoms with Gasteiger partial charge in [0.05, 0.1) is 0 Å². The van der Waals surface area contributed by atoms with Crippen molar-refractivity contribution in [2.75, 3.05) is 22.9 Å². The number of hydrogen-bond donors (Lipinski definition) is 0. The van der Waals surface area contributed by atoms with Crippen molar-refractivity contribution in [1.29, 1.82) is 0 Å². The first-order valence-corrected chi connectivity index (χ1v) is 22.8. The van der Waals surface area contributed by atoms with Gasteiger partial charge in [0.2, 0.25) is 0 Å². The zero-order valence-electron chi connectivity index (χ0n) is 32.9. The van der Waals surface area contributed by atoms with Crippen LogP contribution in [0.2, 0.25) is 8.45 Å². The van der Waals surface area contributed by atoms with Crippen LogP contribution in [0.15, 0.2) is 72.9 Å². The van der Waals surface area contributed by atoms with Crippen LogP contribution in [0.25, 0.3) is 0 Å². The second kappa shape index (κ2) is 17.9. The normalized spacial score (nSPS) is 14.9. The molecule has 0 aliphatic heterocycles. The van der Waals surface area contributed by atoms with Crippen molar-refractivity contribution < 1.29 is 43.7 Å². The van der Waals surface area contributed by atoms with Gasteiger partial charge in [-0.25, -0.2) is 0 Å². The maximum atomic E-state index is 17.9. The summed E-state index contributed by atoms with van der Waals surface area (Å²) >= 11 is -5.21. The van der Waals surface area contributed by atoms with Crippen molar-refractivity contribution in [3.63, 3.8) is 0 Å². The van der Waals surface area contributed by atoms with Crippen molar-refractivity contribution in [3.05, 3.63) is 96.1 Å². The zero-order valence-corrected chi connectivity index (χ0v) is 34.4. The molecule has 53 heavy (non-hydrogen) atoms. The van der Waals surface area contributed by atoms with E-state index >= 15 is 17.6 Å². The molecule has 0 unspecified atom stereocenters. The Bertz CT molecular complexity index is 1610. The predicted molar refractivity (Wildman–Crippen MR) is 208 cm³/mol. The third-order valence-electron chi connectivity index (χ3n) is 11.0. The first-order valence-electron chi connectivity index (χ1n) is 19.5. The van der Waals surface area contributed by atoms with Gasteiger partial charge in [-0.2, -0.15) is 0 Å². The Balaban J connectivity index is 2.14. The number of carbonyl (C=O) groups is 2. The second-order valence-corrected chi connectivity index (χ2v) is 22.2. The summed E-state index contributed by atoms with van der Waals surface area (Å²) in [4.78, 5) is 31.3. The number of allylic oxidation sites excluding steroid dienone is 8. The van der Waals surface area contributed by atoms with E-state index in [4.69, 9.17) is 0 Å². The van der Waals surface area contributed by atoms with Gasteiger partial charge in [0, 0.05) is 0 Å². The van der Waals surface area contributed by atoms with E-state index in [9.17, 15) is 9.59 Å². The molecule has 0 bridgehead atoms. The Morgan fingerprint density at radius 3 is 1.23 bits per heavy atom. The van der Waals surface area contributed by atoms with Crippen LogP contribution in [-0.2, 0) is 26.2 Å². The van der Waals surface area contributed by atoms with Gasteiger partial charge >= 0.3 is 320 Å². The van der Waals surface area contributed by atoms with Crippen molar-refractivity contribution in [2.45, 2.75) is 115 Å². The molecule has 0 aromatic heterocycles. The fourth-order valence-electron chi connectivity index (χ4n) is 8.23. The number of halogens is 4. The van der Waals surface area contributed by atoms with Gasteiger partial charge in [-0.05, 0) is 0 Å². The summed E-state index contributed by atoms with van der Waals surface area (Å²) in [6, 6.07) is 4.89. The van der Waals surface area contributed by atoms with Crippen LogP contribution in [0.1, 0.15) is 107 Å². The third kappa shape index (κ3) is 8.39. The monoisotopic (exact) mass is 770 g/mol. The first kappa shape index (κ1) is 42.5. The molecule has 0 spiro atoms. The molecule has 288 valence electrons. The quantitative estimate of drug-likeness (QED) is 0.112. The van der Waals surface area contributed by atoms with Crippen LogP contribution in [0.4, 0.5) is 28.9 Å². The van der Waals surface area contributed by atoms with Gasteiger partial charge < -0.3 is 0 Å². The van der Waals surface area contributed by atoms with Gasteiger partial charge in [-0.3, -0.25) is 0 Å². The average molecular weight is 771 g/mol. The summed E-state index contributed by atoms with van der Waals surface area (Å²) < 4.78 is 67.5. The number of nitrogens with zero attached hydrogens (tertiary/aromatic N) is 2. The molecule has 9 heteroatoms. The topological polar surface area (TPSA) is 40.6 Å². The third-order valence-corrected chi connectivity index (χ3v) is 19.5. The van der Waals surface area contributed by atoms with E-state index in [1.807, 2.05) is 55.4 Å². The number of benzene rings is 2. The fourth-order valence-corrected chi connectivity index (χ4v) is 17.0. The predicted octanol–water partition coefficient (Wildman–Crippen LogP) is 11.1. The number of carbonyl (C=O) groups excluding carboxylic acids is 2. The summed E-state index contributed by atoms with van der Waals surface area (Å²) in [5.74, 6) is -4.31.